The minimum atomic E-state index is -1.12. The van der Waals surface area contributed by atoms with Gasteiger partial charge in [-0.15, -0.1) is 6.58 Å². The average molecular weight is 419 g/mol. The minimum Gasteiger partial charge on any atom is -0.310 e. The maximum atomic E-state index is 13.8. The van der Waals surface area contributed by atoms with Crippen molar-refractivity contribution < 1.29 is 9.59 Å². The number of hydrogen-bond acceptors (Lipinski definition) is 3. The van der Waals surface area contributed by atoms with E-state index in [1.165, 1.54) is 0 Å². The van der Waals surface area contributed by atoms with Crippen molar-refractivity contribution in [2.24, 2.45) is 0 Å². The minimum absolute atomic E-state index is 0.0249. The molecule has 0 aliphatic carbocycles. The third-order valence-electron chi connectivity index (χ3n) is 5.88. The zero-order chi connectivity index (χ0) is 21.0. The number of benzene rings is 2. The van der Waals surface area contributed by atoms with Gasteiger partial charge in [-0.1, -0.05) is 48.0 Å². The number of rotatable bonds is 3. The van der Waals surface area contributed by atoms with E-state index in [-0.39, 0.29) is 18.2 Å². The molecule has 1 aromatic heterocycles. The second kappa shape index (κ2) is 6.57. The molecule has 2 amide bonds. The molecule has 2 aromatic carbocycles. The molecule has 0 unspecified atom stereocenters. The van der Waals surface area contributed by atoms with E-state index in [2.05, 4.69) is 17.0 Å². The first-order valence-electron chi connectivity index (χ1n) is 9.65. The van der Waals surface area contributed by atoms with Crippen molar-refractivity contribution in [3.8, 4) is 5.69 Å². The van der Waals surface area contributed by atoms with Crippen LogP contribution in [-0.2, 0) is 15.0 Å². The summed E-state index contributed by atoms with van der Waals surface area (Å²) in [5, 5.41) is 7.92. The van der Waals surface area contributed by atoms with Crippen molar-refractivity contribution in [2.45, 2.75) is 18.8 Å². The fraction of sp³-hybridized carbons (Fsp3) is 0.174. The number of fused-ring (bicyclic) bond motifs is 4. The fourth-order valence-corrected chi connectivity index (χ4v) is 4.86. The first-order valence-corrected chi connectivity index (χ1v) is 10.0. The SMILES string of the molecule is C=CCN1C(=O)[C@@]2(CC(=O)Nc3c2cnn3-c2ccccc2Cl)c2cccc(C)c21. The first kappa shape index (κ1) is 18.6. The molecule has 7 heteroatoms. The number of amides is 2. The predicted molar refractivity (Wildman–Crippen MR) is 116 cm³/mol. The van der Waals surface area contributed by atoms with Crippen LogP contribution in [0.15, 0.2) is 61.3 Å². The van der Waals surface area contributed by atoms with E-state index in [1.54, 1.807) is 27.9 Å². The molecule has 3 heterocycles. The Labute approximate surface area is 178 Å². The Bertz CT molecular complexity index is 1230. The van der Waals surface area contributed by atoms with Crippen molar-refractivity contribution in [1.29, 1.82) is 0 Å². The number of carbonyl (C=O) groups excluding carboxylic acids is 2. The van der Waals surface area contributed by atoms with Crippen LogP contribution in [0.25, 0.3) is 5.69 Å². The summed E-state index contributed by atoms with van der Waals surface area (Å²) in [4.78, 5) is 28.4. The standard InChI is InChI=1S/C23H19ClN4O2/c1-3-11-27-20-14(2)7-6-8-15(20)23(22(27)30)12-19(29)26-21-16(23)13-25-28(21)18-10-5-4-9-17(18)24/h3-10,13H,1,11-12H2,2H3,(H,26,29)/t23-/m0/s1. The van der Waals surface area contributed by atoms with Crippen LogP contribution < -0.4 is 10.2 Å². The lowest BCUT2D eigenvalue weighted by Gasteiger charge is -2.32. The van der Waals surface area contributed by atoms with Crippen LogP contribution in [0.5, 0.6) is 0 Å². The summed E-state index contributed by atoms with van der Waals surface area (Å²) in [6.45, 7) is 6.14. The van der Waals surface area contributed by atoms with Gasteiger partial charge < -0.3 is 10.2 Å². The highest BCUT2D eigenvalue weighted by Crippen LogP contribution is 2.53. The Balaban J connectivity index is 1.80. The van der Waals surface area contributed by atoms with Crippen LogP contribution in [0.3, 0.4) is 0 Å². The molecule has 2 aliphatic heterocycles. The maximum Gasteiger partial charge on any atom is 0.243 e. The average Bonchev–Trinajstić information content (AvgIpc) is 3.24. The van der Waals surface area contributed by atoms with E-state index in [0.29, 0.717) is 28.6 Å². The number of para-hydroxylation sites is 2. The Morgan fingerprint density at radius 1 is 1.20 bits per heavy atom. The highest BCUT2D eigenvalue weighted by molar-refractivity contribution is 6.32. The molecule has 0 saturated heterocycles. The number of anilines is 2. The van der Waals surface area contributed by atoms with E-state index in [1.807, 2.05) is 43.3 Å². The van der Waals surface area contributed by atoms with Crippen LogP contribution in [0.2, 0.25) is 5.02 Å². The van der Waals surface area contributed by atoms with Gasteiger partial charge >= 0.3 is 0 Å². The van der Waals surface area contributed by atoms with Gasteiger partial charge in [0.25, 0.3) is 0 Å². The predicted octanol–water partition coefficient (Wildman–Crippen LogP) is 4.00. The smallest absolute Gasteiger partial charge is 0.243 e. The maximum absolute atomic E-state index is 13.8. The van der Waals surface area contributed by atoms with Gasteiger partial charge in [-0.25, -0.2) is 4.68 Å². The Morgan fingerprint density at radius 2 is 2.00 bits per heavy atom. The Kier molecular flexibility index (Phi) is 4.08. The van der Waals surface area contributed by atoms with Crippen LogP contribution >= 0.6 is 11.6 Å². The molecule has 0 saturated carbocycles. The third kappa shape index (κ3) is 2.34. The summed E-state index contributed by atoms with van der Waals surface area (Å²) >= 11 is 6.38. The molecule has 1 spiro atoms. The zero-order valence-corrected chi connectivity index (χ0v) is 17.1. The third-order valence-corrected chi connectivity index (χ3v) is 6.20. The summed E-state index contributed by atoms with van der Waals surface area (Å²) in [5.41, 5.74) is 2.83. The van der Waals surface area contributed by atoms with Crippen LogP contribution in [-0.4, -0.2) is 28.1 Å². The number of aryl methyl sites for hydroxylation is 1. The molecule has 0 bridgehead atoms. The van der Waals surface area contributed by atoms with Gasteiger partial charge in [0.05, 0.1) is 22.6 Å². The molecule has 3 aromatic rings. The Hall–Kier alpha value is -3.38. The molecule has 150 valence electrons. The van der Waals surface area contributed by atoms with Crippen molar-refractivity contribution >= 4 is 34.9 Å². The topological polar surface area (TPSA) is 67.2 Å². The molecular weight excluding hydrogens is 400 g/mol. The lowest BCUT2D eigenvalue weighted by molar-refractivity contribution is -0.126. The van der Waals surface area contributed by atoms with Crippen molar-refractivity contribution in [3.05, 3.63) is 83.0 Å². The molecular formula is C23H19ClN4O2. The summed E-state index contributed by atoms with van der Waals surface area (Å²) in [6.07, 6.45) is 3.39. The monoisotopic (exact) mass is 418 g/mol. The molecule has 2 aliphatic rings. The number of nitrogens with one attached hydrogen (secondary N) is 1. The normalized spacial score (nSPS) is 19.6. The van der Waals surface area contributed by atoms with E-state index < -0.39 is 5.41 Å². The van der Waals surface area contributed by atoms with Gasteiger partial charge in [0.15, 0.2) is 0 Å². The van der Waals surface area contributed by atoms with E-state index in [9.17, 15) is 9.59 Å². The number of halogens is 1. The molecule has 0 fully saturated rings. The summed E-state index contributed by atoms with van der Waals surface area (Å²) in [7, 11) is 0. The zero-order valence-electron chi connectivity index (χ0n) is 16.4. The lowest BCUT2D eigenvalue weighted by atomic mass is 9.71. The van der Waals surface area contributed by atoms with Gasteiger partial charge in [0, 0.05) is 18.5 Å². The highest BCUT2D eigenvalue weighted by atomic mass is 35.5. The van der Waals surface area contributed by atoms with Gasteiger partial charge in [-0.05, 0) is 30.2 Å². The van der Waals surface area contributed by atoms with Crippen LogP contribution in [0, 0.1) is 6.92 Å². The molecule has 30 heavy (non-hydrogen) atoms. The quantitative estimate of drug-likeness (QED) is 0.654. The van der Waals surface area contributed by atoms with E-state index >= 15 is 0 Å². The van der Waals surface area contributed by atoms with E-state index in [4.69, 9.17) is 11.6 Å². The second-order valence-corrected chi connectivity index (χ2v) is 7.98. The van der Waals surface area contributed by atoms with Gasteiger partial charge in [0.2, 0.25) is 11.8 Å². The number of nitrogens with zero attached hydrogens (tertiary/aromatic N) is 3. The fourth-order valence-electron chi connectivity index (χ4n) is 4.64. The number of carbonyl (C=O) groups is 2. The first-order chi connectivity index (χ1) is 14.5. The second-order valence-electron chi connectivity index (χ2n) is 7.58. The number of hydrogen-bond donors (Lipinski definition) is 1. The largest absolute Gasteiger partial charge is 0.310 e. The van der Waals surface area contributed by atoms with Crippen LogP contribution in [0.4, 0.5) is 11.5 Å². The van der Waals surface area contributed by atoms with Crippen LogP contribution in [0.1, 0.15) is 23.1 Å². The summed E-state index contributed by atoms with van der Waals surface area (Å²) in [6, 6.07) is 13.1. The number of aromatic nitrogens is 2. The Morgan fingerprint density at radius 3 is 2.77 bits per heavy atom. The van der Waals surface area contributed by atoms with Crippen molar-refractivity contribution in [1.82, 2.24) is 9.78 Å². The van der Waals surface area contributed by atoms with Crippen molar-refractivity contribution in [3.63, 3.8) is 0 Å². The van der Waals surface area contributed by atoms with Gasteiger partial charge in [-0.2, -0.15) is 5.10 Å². The molecule has 0 radical (unpaired) electrons. The van der Waals surface area contributed by atoms with Gasteiger partial charge in [0.1, 0.15) is 11.2 Å². The van der Waals surface area contributed by atoms with Crippen molar-refractivity contribution in [2.75, 3.05) is 16.8 Å². The van der Waals surface area contributed by atoms with Gasteiger partial charge in [-0.3, -0.25) is 9.59 Å². The summed E-state index contributed by atoms with van der Waals surface area (Å²) in [5.74, 6) is 0.0969. The lowest BCUT2D eigenvalue weighted by Crippen LogP contribution is -2.46. The summed E-state index contributed by atoms with van der Waals surface area (Å²) < 4.78 is 1.59. The highest BCUT2D eigenvalue weighted by Gasteiger charge is 2.57. The molecule has 6 nitrogen and oxygen atoms in total. The molecule has 1 N–H and O–H groups in total. The van der Waals surface area contributed by atoms with E-state index in [0.717, 1.165) is 16.8 Å². The molecule has 1 atom stereocenters. The molecule has 5 rings (SSSR count).